The smallest absolute Gasteiger partial charge is 0.241 e. The summed E-state index contributed by atoms with van der Waals surface area (Å²) in [4.78, 5) is 17.0. The molecular formula is C21H24N2O4S. The Hall–Kier alpha value is -2.38. The molecule has 148 valence electrons. The van der Waals surface area contributed by atoms with Crippen LogP contribution in [0.25, 0.3) is 0 Å². The summed E-state index contributed by atoms with van der Waals surface area (Å²) in [5.74, 6) is 0.951. The first-order valence-corrected chi connectivity index (χ1v) is 11.3. The van der Waals surface area contributed by atoms with Crippen molar-refractivity contribution in [3.63, 3.8) is 0 Å². The maximum atomic E-state index is 13.4. The Morgan fingerprint density at radius 3 is 2.57 bits per heavy atom. The molecule has 2 aromatic rings. The normalized spacial score (nSPS) is 23.3. The van der Waals surface area contributed by atoms with Crippen LogP contribution >= 0.6 is 0 Å². The summed E-state index contributed by atoms with van der Waals surface area (Å²) in [5, 5.41) is 0. The number of likely N-dealkylation sites (N-methyl/N-ethyl adjacent to an activating group) is 1. The molecule has 4 rings (SSSR count). The lowest BCUT2D eigenvalue weighted by Crippen LogP contribution is -2.47. The van der Waals surface area contributed by atoms with Crippen LogP contribution < -0.4 is 9.64 Å². The first-order chi connectivity index (χ1) is 13.4. The molecule has 2 aromatic carbocycles. The largest absolute Gasteiger partial charge is 0.489 e. The van der Waals surface area contributed by atoms with Crippen molar-refractivity contribution in [1.29, 1.82) is 0 Å². The van der Waals surface area contributed by atoms with Crippen molar-refractivity contribution in [2.45, 2.75) is 18.5 Å². The van der Waals surface area contributed by atoms with Crippen molar-refractivity contribution >= 4 is 21.4 Å². The molecule has 28 heavy (non-hydrogen) atoms. The number of carbonyl (C=O) groups is 1. The molecule has 0 radical (unpaired) electrons. The third kappa shape index (κ3) is 3.77. The van der Waals surface area contributed by atoms with E-state index in [-0.39, 0.29) is 36.0 Å². The zero-order valence-corrected chi connectivity index (χ0v) is 16.6. The average molecular weight is 401 g/mol. The van der Waals surface area contributed by atoms with Gasteiger partial charge in [0.2, 0.25) is 5.91 Å². The molecule has 0 spiro atoms. The molecule has 0 aliphatic carbocycles. The third-order valence-electron chi connectivity index (χ3n) is 5.50. The first kappa shape index (κ1) is 19.0. The molecule has 0 bridgehead atoms. The van der Waals surface area contributed by atoms with E-state index in [9.17, 15) is 13.2 Å². The summed E-state index contributed by atoms with van der Waals surface area (Å²) in [5.41, 5.74) is 1.76. The van der Waals surface area contributed by atoms with E-state index in [4.69, 9.17) is 4.74 Å². The molecule has 2 aliphatic heterocycles. The molecule has 0 saturated carbocycles. The minimum absolute atomic E-state index is 0.0589. The summed E-state index contributed by atoms with van der Waals surface area (Å²) < 4.78 is 29.5. The van der Waals surface area contributed by atoms with Gasteiger partial charge in [-0.1, -0.05) is 42.5 Å². The van der Waals surface area contributed by atoms with Crippen molar-refractivity contribution in [2.75, 3.05) is 36.6 Å². The molecular weight excluding hydrogens is 376 g/mol. The molecule has 2 heterocycles. The van der Waals surface area contributed by atoms with Crippen LogP contribution in [0.2, 0.25) is 0 Å². The van der Waals surface area contributed by atoms with Crippen LogP contribution in [0.15, 0.2) is 54.6 Å². The van der Waals surface area contributed by atoms with Gasteiger partial charge in [0.25, 0.3) is 0 Å². The number of sulfone groups is 1. The molecule has 7 heteroatoms. The molecule has 0 aromatic heterocycles. The second-order valence-electron chi connectivity index (χ2n) is 7.44. The van der Waals surface area contributed by atoms with Crippen LogP contribution in [0.1, 0.15) is 18.0 Å². The number of rotatable bonds is 4. The second-order valence-corrected chi connectivity index (χ2v) is 9.67. The number of nitrogens with zero attached hydrogens (tertiary/aromatic N) is 2. The van der Waals surface area contributed by atoms with Gasteiger partial charge in [0.05, 0.1) is 29.8 Å². The summed E-state index contributed by atoms with van der Waals surface area (Å²) in [6.07, 6.45) is 0.577. The van der Waals surface area contributed by atoms with Gasteiger partial charge in [-0.3, -0.25) is 14.6 Å². The fraction of sp³-hybridized carbons (Fsp3) is 0.381. The van der Waals surface area contributed by atoms with E-state index in [0.717, 1.165) is 11.3 Å². The van der Waals surface area contributed by atoms with Gasteiger partial charge in [0.15, 0.2) is 9.84 Å². The van der Waals surface area contributed by atoms with Crippen LogP contribution in [-0.4, -0.2) is 57.0 Å². The highest BCUT2D eigenvalue weighted by Gasteiger charge is 2.36. The van der Waals surface area contributed by atoms with E-state index < -0.39 is 9.84 Å². The molecule has 2 aliphatic rings. The minimum atomic E-state index is -2.99. The molecule has 2 atom stereocenters. The Morgan fingerprint density at radius 1 is 1.14 bits per heavy atom. The zero-order valence-electron chi connectivity index (χ0n) is 15.8. The first-order valence-electron chi connectivity index (χ1n) is 9.44. The van der Waals surface area contributed by atoms with Crippen molar-refractivity contribution in [3.8, 4) is 5.75 Å². The lowest BCUT2D eigenvalue weighted by atomic mass is 10.0. The van der Waals surface area contributed by atoms with Gasteiger partial charge in [-0.2, -0.15) is 0 Å². The Bertz CT molecular complexity index is 961. The molecule has 1 fully saturated rings. The van der Waals surface area contributed by atoms with Crippen molar-refractivity contribution in [1.82, 2.24) is 4.90 Å². The molecule has 6 nitrogen and oxygen atoms in total. The van der Waals surface area contributed by atoms with Crippen LogP contribution in [0.3, 0.4) is 0 Å². The number of carbonyl (C=O) groups excluding carboxylic acids is 1. The quantitative estimate of drug-likeness (QED) is 0.788. The second kappa shape index (κ2) is 7.56. The van der Waals surface area contributed by atoms with Crippen LogP contribution in [-0.2, 0) is 14.6 Å². The van der Waals surface area contributed by atoms with Gasteiger partial charge in [-0.05, 0) is 31.2 Å². The van der Waals surface area contributed by atoms with Gasteiger partial charge in [0, 0.05) is 6.04 Å². The average Bonchev–Trinajstić information content (AvgIpc) is 3.07. The monoisotopic (exact) mass is 400 g/mol. The molecule has 0 N–H and O–H groups in total. The van der Waals surface area contributed by atoms with Crippen LogP contribution in [0.4, 0.5) is 5.69 Å². The fourth-order valence-corrected chi connectivity index (χ4v) is 5.76. The number of para-hydroxylation sites is 2. The van der Waals surface area contributed by atoms with E-state index >= 15 is 0 Å². The number of fused-ring (bicyclic) bond motifs is 1. The number of amides is 1. The van der Waals surface area contributed by atoms with Crippen LogP contribution in [0, 0.1) is 0 Å². The Morgan fingerprint density at radius 2 is 1.86 bits per heavy atom. The Kier molecular flexibility index (Phi) is 5.12. The highest BCUT2D eigenvalue weighted by atomic mass is 32.2. The molecule has 1 amide bonds. The number of anilines is 1. The van der Waals surface area contributed by atoms with E-state index in [1.165, 1.54) is 0 Å². The van der Waals surface area contributed by atoms with Gasteiger partial charge >= 0.3 is 0 Å². The maximum absolute atomic E-state index is 13.4. The van der Waals surface area contributed by atoms with Gasteiger partial charge < -0.3 is 4.74 Å². The van der Waals surface area contributed by atoms with Crippen molar-refractivity contribution < 1.29 is 17.9 Å². The standard InChI is InChI=1S/C21H24N2O4S/c1-22(17-11-12-28(25,26)15-17)13-21(24)23-18-9-5-6-10-20(18)27-14-19(23)16-7-3-2-4-8-16/h2-10,17,19H,11-15H2,1H3/t17-,19-/m1/s1. The number of ether oxygens (including phenoxy) is 1. The maximum Gasteiger partial charge on any atom is 0.241 e. The Balaban J connectivity index is 1.60. The van der Waals surface area contributed by atoms with E-state index in [2.05, 4.69) is 0 Å². The summed E-state index contributed by atoms with van der Waals surface area (Å²) >= 11 is 0. The van der Waals surface area contributed by atoms with E-state index in [0.29, 0.717) is 18.8 Å². The van der Waals surface area contributed by atoms with Crippen molar-refractivity contribution in [2.24, 2.45) is 0 Å². The van der Waals surface area contributed by atoms with Crippen molar-refractivity contribution in [3.05, 3.63) is 60.2 Å². The highest BCUT2D eigenvalue weighted by molar-refractivity contribution is 7.91. The highest BCUT2D eigenvalue weighted by Crippen LogP contribution is 2.39. The SMILES string of the molecule is CN(CC(=O)N1c2ccccc2OC[C@@H]1c1ccccc1)[C@@H]1CCS(=O)(=O)C1. The van der Waals surface area contributed by atoms with Crippen LogP contribution in [0.5, 0.6) is 5.75 Å². The van der Waals surface area contributed by atoms with Gasteiger partial charge in [0.1, 0.15) is 12.4 Å². The predicted molar refractivity (Wildman–Crippen MR) is 108 cm³/mol. The van der Waals surface area contributed by atoms with E-state index in [1.54, 1.807) is 4.90 Å². The summed E-state index contributed by atoms with van der Waals surface area (Å²) in [6.45, 7) is 0.548. The molecule has 0 unspecified atom stereocenters. The summed E-state index contributed by atoms with van der Waals surface area (Å²) in [6, 6.07) is 17.1. The number of benzene rings is 2. The zero-order chi connectivity index (χ0) is 19.7. The lowest BCUT2D eigenvalue weighted by Gasteiger charge is -2.38. The number of hydrogen-bond acceptors (Lipinski definition) is 5. The lowest BCUT2D eigenvalue weighted by molar-refractivity contribution is -0.120. The topological polar surface area (TPSA) is 66.9 Å². The summed E-state index contributed by atoms with van der Waals surface area (Å²) in [7, 11) is -1.16. The van der Waals surface area contributed by atoms with Gasteiger partial charge in [-0.15, -0.1) is 0 Å². The fourth-order valence-electron chi connectivity index (χ4n) is 3.96. The molecule has 1 saturated heterocycles. The Labute approximate surface area is 165 Å². The predicted octanol–water partition coefficient (Wildman–Crippen LogP) is 2.27. The van der Waals surface area contributed by atoms with Gasteiger partial charge in [-0.25, -0.2) is 8.42 Å². The minimum Gasteiger partial charge on any atom is -0.489 e. The third-order valence-corrected chi connectivity index (χ3v) is 7.25. The number of hydrogen-bond donors (Lipinski definition) is 0. The van der Waals surface area contributed by atoms with E-state index in [1.807, 2.05) is 66.5 Å².